The summed E-state index contributed by atoms with van der Waals surface area (Å²) in [6.45, 7) is 1.75. The van der Waals surface area contributed by atoms with E-state index in [2.05, 4.69) is 5.32 Å². The number of nitrogen functional groups attached to an aromatic ring is 1. The van der Waals surface area contributed by atoms with Crippen LogP contribution in [0.5, 0.6) is 0 Å². The van der Waals surface area contributed by atoms with Gasteiger partial charge in [-0.3, -0.25) is 4.79 Å². The van der Waals surface area contributed by atoms with Gasteiger partial charge in [0.05, 0.1) is 5.92 Å². The van der Waals surface area contributed by atoms with Crippen molar-refractivity contribution >= 4 is 11.6 Å². The third-order valence-electron chi connectivity index (χ3n) is 3.27. The van der Waals surface area contributed by atoms with Crippen molar-refractivity contribution in [3.8, 4) is 0 Å². The van der Waals surface area contributed by atoms with Gasteiger partial charge in [0.25, 0.3) is 0 Å². The Bertz CT molecular complexity index is 658. The zero-order valence-corrected chi connectivity index (χ0v) is 11.6. The fourth-order valence-corrected chi connectivity index (χ4v) is 1.98. The van der Waals surface area contributed by atoms with Crippen molar-refractivity contribution < 1.29 is 13.6 Å². The number of hydrogen-bond acceptors (Lipinski definition) is 2. The minimum absolute atomic E-state index is 0.0115. The van der Waals surface area contributed by atoms with Crippen molar-refractivity contribution in [2.75, 3.05) is 5.73 Å². The van der Waals surface area contributed by atoms with Gasteiger partial charge in [0.2, 0.25) is 5.91 Å². The maximum Gasteiger partial charge on any atom is 0.227 e. The Morgan fingerprint density at radius 1 is 1.24 bits per heavy atom. The van der Waals surface area contributed by atoms with E-state index >= 15 is 0 Å². The van der Waals surface area contributed by atoms with Crippen LogP contribution in [-0.4, -0.2) is 5.91 Å². The molecule has 0 radical (unpaired) electrons. The van der Waals surface area contributed by atoms with Crippen LogP contribution in [-0.2, 0) is 11.3 Å². The first kappa shape index (κ1) is 15.0. The molecule has 1 unspecified atom stereocenters. The number of carbonyl (C=O) groups excluding carboxylic acids is 1. The molecule has 0 aromatic heterocycles. The van der Waals surface area contributed by atoms with E-state index in [1.165, 1.54) is 6.07 Å². The topological polar surface area (TPSA) is 55.1 Å². The highest BCUT2D eigenvalue weighted by Crippen LogP contribution is 2.18. The van der Waals surface area contributed by atoms with E-state index in [4.69, 9.17) is 5.73 Å². The Hall–Kier alpha value is -2.43. The van der Waals surface area contributed by atoms with Gasteiger partial charge in [-0.25, -0.2) is 8.78 Å². The highest BCUT2D eigenvalue weighted by atomic mass is 19.1. The molecule has 2 aromatic rings. The molecule has 5 heteroatoms. The van der Waals surface area contributed by atoms with Crippen molar-refractivity contribution in [3.63, 3.8) is 0 Å². The minimum Gasteiger partial charge on any atom is -0.399 e. The third kappa shape index (κ3) is 3.78. The fraction of sp³-hybridized carbons (Fsp3) is 0.188. The smallest absolute Gasteiger partial charge is 0.227 e. The molecule has 21 heavy (non-hydrogen) atoms. The van der Waals surface area contributed by atoms with Gasteiger partial charge < -0.3 is 11.1 Å². The van der Waals surface area contributed by atoms with E-state index in [0.717, 1.165) is 17.7 Å². The molecule has 0 bridgehead atoms. The molecule has 1 amide bonds. The highest BCUT2D eigenvalue weighted by molar-refractivity contribution is 5.83. The first-order chi connectivity index (χ1) is 9.97. The molecule has 0 aliphatic carbocycles. The lowest BCUT2D eigenvalue weighted by atomic mass is 10.00. The monoisotopic (exact) mass is 290 g/mol. The van der Waals surface area contributed by atoms with Crippen LogP contribution in [0.15, 0.2) is 42.5 Å². The zero-order valence-electron chi connectivity index (χ0n) is 11.6. The number of nitrogens with one attached hydrogen (secondary N) is 1. The summed E-state index contributed by atoms with van der Waals surface area (Å²) in [5, 5.41) is 2.63. The molecule has 110 valence electrons. The summed E-state index contributed by atoms with van der Waals surface area (Å²) >= 11 is 0. The molecule has 3 nitrogen and oxygen atoms in total. The number of benzene rings is 2. The van der Waals surface area contributed by atoms with Crippen LogP contribution < -0.4 is 11.1 Å². The number of amides is 1. The van der Waals surface area contributed by atoms with Gasteiger partial charge in [-0.05, 0) is 30.7 Å². The average Bonchev–Trinajstić information content (AvgIpc) is 2.45. The lowest BCUT2D eigenvalue weighted by Crippen LogP contribution is -2.28. The van der Waals surface area contributed by atoms with Gasteiger partial charge in [0.15, 0.2) is 0 Å². The van der Waals surface area contributed by atoms with E-state index in [-0.39, 0.29) is 18.0 Å². The maximum absolute atomic E-state index is 13.5. The summed E-state index contributed by atoms with van der Waals surface area (Å²) in [4.78, 5) is 12.1. The predicted octanol–water partition coefficient (Wildman–Crippen LogP) is 2.97. The van der Waals surface area contributed by atoms with Gasteiger partial charge in [-0.2, -0.15) is 0 Å². The van der Waals surface area contributed by atoms with Gasteiger partial charge in [-0.1, -0.05) is 18.2 Å². The van der Waals surface area contributed by atoms with Crippen LogP contribution in [0.1, 0.15) is 24.0 Å². The average molecular weight is 290 g/mol. The number of hydrogen-bond donors (Lipinski definition) is 2. The lowest BCUT2D eigenvalue weighted by Gasteiger charge is -2.13. The quantitative estimate of drug-likeness (QED) is 0.851. The summed E-state index contributed by atoms with van der Waals surface area (Å²) in [5.41, 5.74) is 7.28. The Kier molecular flexibility index (Phi) is 4.52. The Balaban J connectivity index is 2.01. The Morgan fingerprint density at radius 3 is 2.67 bits per heavy atom. The maximum atomic E-state index is 13.5. The summed E-state index contributed by atoms with van der Waals surface area (Å²) in [7, 11) is 0. The number of carbonyl (C=O) groups is 1. The van der Waals surface area contributed by atoms with E-state index in [1.54, 1.807) is 31.2 Å². The van der Waals surface area contributed by atoms with Crippen molar-refractivity contribution in [1.29, 1.82) is 0 Å². The van der Waals surface area contributed by atoms with Crippen LogP contribution in [0.3, 0.4) is 0 Å². The first-order valence-electron chi connectivity index (χ1n) is 6.54. The van der Waals surface area contributed by atoms with Crippen molar-refractivity contribution in [2.45, 2.75) is 19.4 Å². The molecule has 0 heterocycles. The molecule has 0 aliphatic rings. The second-order valence-electron chi connectivity index (χ2n) is 4.85. The summed E-state index contributed by atoms with van der Waals surface area (Å²) < 4.78 is 26.3. The van der Waals surface area contributed by atoms with Crippen LogP contribution in [0.25, 0.3) is 0 Å². The first-order valence-corrected chi connectivity index (χ1v) is 6.54. The molecule has 0 saturated carbocycles. The highest BCUT2D eigenvalue weighted by Gasteiger charge is 2.15. The Labute approximate surface area is 121 Å². The molecule has 0 aliphatic heterocycles. The molecule has 0 saturated heterocycles. The van der Waals surface area contributed by atoms with Crippen molar-refractivity contribution in [1.82, 2.24) is 5.32 Å². The SMILES string of the molecule is CC(C(=O)NCc1ccc(F)cc1F)c1cccc(N)c1. The summed E-state index contributed by atoms with van der Waals surface area (Å²) in [5.74, 6) is -1.97. The van der Waals surface area contributed by atoms with E-state index in [0.29, 0.717) is 5.69 Å². The third-order valence-corrected chi connectivity index (χ3v) is 3.27. The second-order valence-corrected chi connectivity index (χ2v) is 4.85. The predicted molar refractivity (Wildman–Crippen MR) is 77.5 cm³/mol. The minimum atomic E-state index is -0.674. The van der Waals surface area contributed by atoms with E-state index in [9.17, 15) is 13.6 Å². The largest absolute Gasteiger partial charge is 0.399 e. The van der Waals surface area contributed by atoms with Crippen LogP contribution >= 0.6 is 0 Å². The normalized spacial score (nSPS) is 12.0. The van der Waals surface area contributed by atoms with Crippen LogP contribution in [0.2, 0.25) is 0 Å². The zero-order chi connectivity index (χ0) is 15.4. The van der Waals surface area contributed by atoms with E-state index in [1.807, 2.05) is 0 Å². The molecular formula is C16H16F2N2O. The molecular weight excluding hydrogens is 274 g/mol. The number of nitrogens with two attached hydrogens (primary N) is 1. The van der Waals surface area contributed by atoms with Gasteiger partial charge >= 0.3 is 0 Å². The van der Waals surface area contributed by atoms with Crippen molar-refractivity contribution in [3.05, 3.63) is 65.2 Å². The molecule has 0 fully saturated rings. The molecule has 3 N–H and O–H groups in total. The summed E-state index contributed by atoms with van der Waals surface area (Å²) in [6, 6.07) is 10.3. The second kappa shape index (κ2) is 6.35. The standard InChI is InChI=1S/C16H16F2N2O/c1-10(11-3-2-4-14(19)7-11)16(21)20-9-12-5-6-13(17)8-15(12)18/h2-8,10H,9,19H2,1H3,(H,20,21). The number of halogens is 2. The van der Waals surface area contributed by atoms with Crippen LogP contribution in [0.4, 0.5) is 14.5 Å². The van der Waals surface area contributed by atoms with E-state index < -0.39 is 17.6 Å². The molecule has 0 spiro atoms. The Morgan fingerprint density at radius 2 is 2.00 bits per heavy atom. The van der Waals surface area contributed by atoms with Crippen LogP contribution in [0, 0.1) is 11.6 Å². The van der Waals surface area contributed by atoms with Gasteiger partial charge in [-0.15, -0.1) is 0 Å². The molecule has 1 atom stereocenters. The summed E-state index contributed by atoms with van der Waals surface area (Å²) in [6.07, 6.45) is 0. The number of anilines is 1. The fourth-order valence-electron chi connectivity index (χ4n) is 1.98. The van der Waals surface area contributed by atoms with Gasteiger partial charge in [0, 0.05) is 23.9 Å². The molecule has 2 rings (SSSR count). The molecule has 2 aromatic carbocycles. The van der Waals surface area contributed by atoms with Crippen molar-refractivity contribution in [2.24, 2.45) is 0 Å². The number of rotatable bonds is 4. The lowest BCUT2D eigenvalue weighted by molar-refractivity contribution is -0.122. The van der Waals surface area contributed by atoms with Gasteiger partial charge in [0.1, 0.15) is 11.6 Å².